The summed E-state index contributed by atoms with van der Waals surface area (Å²) in [7, 11) is 0. The third-order valence-corrected chi connectivity index (χ3v) is 4.77. The Morgan fingerprint density at radius 2 is 2.22 bits per heavy atom. The minimum absolute atomic E-state index is 0.0580. The van der Waals surface area contributed by atoms with Gasteiger partial charge < -0.3 is 14.2 Å². The number of benzene rings is 1. The number of ether oxygens (including phenoxy) is 1. The molecule has 1 atom stereocenters. The second kappa shape index (κ2) is 7.26. The molecule has 0 saturated carbocycles. The number of nitrogens with one attached hydrogen (secondary N) is 1. The number of H-pyrrole nitrogens is 1. The number of aromatic amines is 1. The van der Waals surface area contributed by atoms with Crippen LogP contribution < -0.4 is 4.74 Å². The van der Waals surface area contributed by atoms with E-state index in [1.54, 1.807) is 6.07 Å². The van der Waals surface area contributed by atoms with Gasteiger partial charge in [-0.05, 0) is 44.9 Å². The SMILES string of the molecule is CCOc1ccccc1-c1cc(C(=O)N2CCC[C@H]2c2cc(C)on2)[nH]n1. The molecule has 0 spiro atoms. The van der Waals surface area contributed by atoms with Crippen LogP contribution in [0, 0.1) is 6.92 Å². The van der Waals surface area contributed by atoms with Crippen LogP contribution in [0.5, 0.6) is 5.75 Å². The van der Waals surface area contributed by atoms with E-state index in [0.29, 0.717) is 24.5 Å². The summed E-state index contributed by atoms with van der Waals surface area (Å²) >= 11 is 0. The lowest BCUT2D eigenvalue weighted by Gasteiger charge is -2.22. The average molecular weight is 366 g/mol. The van der Waals surface area contributed by atoms with Crippen molar-refractivity contribution in [2.75, 3.05) is 13.2 Å². The van der Waals surface area contributed by atoms with Crippen molar-refractivity contribution in [2.24, 2.45) is 0 Å². The second-order valence-corrected chi connectivity index (χ2v) is 6.62. The predicted octanol–water partition coefficient (Wildman–Crippen LogP) is 3.75. The van der Waals surface area contributed by atoms with Crippen LogP contribution in [0.4, 0.5) is 0 Å². The lowest BCUT2D eigenvalue weighted by molar-refractivity contribution is 0.0725. The number of hydrogen-bond acceptors (Lipinski definition) is 5. The molecule has 3 aromatic rings. The van der Waals surface area contributed by atoms with Gasteiger partial charge in [-0.1, -0.05) is 17.3 Å². The molecule has 1 aliphatic rings. The maximum absolute atomic E-state index is 13.1. The molecular weight excluding hydrogens is 344 g/mol. The summed E-state index contributed by atoms with van der Waals surface area (Å²) in [6.07, 6.45) is 1.82. The Kier molecular flexibility index (Phi) is 4.66. The standard InChI is InChI=1S/C20H22N4O3/c1-3-26-19-9-5-4-7-14(19)15-12-17(22-21-15)20(25)24-10-6-8-18(24)16-11-13(2)27-23-16/h4-5,7,9,11-12,18H,3,6,8,10H2,1-2H3,(H,21,22)/t18-/m0/s1. The van der Waals surface area contributed by atoms with Gasteiger partial charge in [-0.2, -0.15) is 5.10 Å². The van der Waals surface area contributed by atoms with Gasteiger partial charge in [-0.25, -0.2) is 0 Å². The lowest BCUT2D eigenvalue weighted by Crippen LogP contribution is -2.31. The topological polar surface area (TPSA) is 84.2 Å². The largest absolute Gasteiger partial charge is 0.493 e. The van der Waals surface area contributed by atoms with E-state index in [0.717, 1.165) is 35.6 Å². The van der Waals surface area contributed by atoms with Crippen molar-refractivity contribution in [1.29, 1.82) is 0 Å². The predicted molar refractivity (Wildman–Crippen MR) is 99.4 cm³/mol. The molecule has 1 amide bonds. The van der Waals surface area contributed by atoms with Crippen molar-refractivity contribution in [1.82, 2.24) is 20.3 Å². The number of nitrogens with zero attached hydrogens (tertiary/aromatic N) is 3. The fourth-order valence-electron chi connectivity index (χ4n) is 3.54. The highest BCUT2D eigenvalue weighted by Gasteiger charge is 2.33. The van der Waals surface area contributed by atoms with Gasteiger partial charge in [0, 0.05) is 18.2 Å². The van der Waals surface area contributed by atoms with Gasteiger partial charge in [0.25, 0.3) is 5.91 Å². The third kappa shape index (κ3) is 3.32. The third-order valence-electron chi connectivity index (χ3n) is 4.77. The Hall–Kier alpha value is -3.09. The van der Waals surface area contributed by atoms with Crippen LogP contribution in [0.25, 0.3) is 11.3 Å². The zero-order chi connectivity index (χ0) is 18.8. The van der Waals surface area contributed by atoms with Crippen molar-refractivity contribution in [3.05, 3.63) is 53.5 Å². The molecule has 1 aliphatic heterocycles. The Labute approximate surface area is 157 Å². The zero-order valence-corrected chi connectivity index (χ0v) is 15.4. The smallest absolute Gasteiger partial charge is 0.272 e. The molecule has 27 heavy (non-hydrogen) atoms. The van der Waals surface area contributed by atoms with E-state index in [-0.39, 0.29) is 11.9 Å². The molecule has 0 bridgehead atoms. The van der Waals surface area contributed by atoms with Gasteiger partial charge in [0.2, 0.25) is 0 Å². The van der Waals surface area contributed by atoms with Crippen LogP contribution in [0.1, 0.15) is 47.7 Å². The van der Waals surface area contributed by atoms with E-state index >= 15 is 0 Å². The van der Waals surface area contributed by atoms with E-state index in [4.69, 9.17) is 9.26 Å². The first-order chi connectivity index (χ1) is 13.2. The maximum atomic E-state index is 13.1. The molecule has 140 valence electrons. The molecule has 4 rings (SSSR count). The minimum atomic E-state index is -0.0780. The Morgan fingerprint density at radius 3 is 3.00 bits per heavy atom. The molecule has 1 saturated heterocycles. The number of para-hydroxylation sites is 1. The fourth-order valence-corrected chi connectivity index (χ4v) is 3.54. The first kappa shape index (κ1) is 17.3. The highest BCUT2D eigenvalue weighted by molar-refractivity contribution is 5.94. The van der Waals surface area contributed by atoms with Crippen molar-refractivity contribution in [2.45, 2.75) is 32.7 Å². The van der Waals surface area contributed by atoms with E-state index in [1.807, 2.05) is 49.1 Å². The number of rotatable bonds is 5. The molecule has 1 N–H and O–H groups in total. The Morgan fingerprint density at radius 1 is 1.37 bits per heavy atom. The fraction of sp³-hybridized carbons (Fsp3) is 0.350. The average Bonchev–Trinajstić information content (AvgIpc) is 3.42. The quantitative estimate of drug-likeness (QED) is 0.743. The summed E-state index contributed by atoms with van der Waals surface area (Å²) in [5, 5.41) is 11.3. The number of carbonyl (C=O) groups excluding carboxylic acids is 1. The Bertz CT molecular complexity index is 946. The molecule has 0 aliphatic carbocycles. The van der Waals surface area contributed by atoms with Gasteiger partial charge in [-0.15, -0.1) is 0 Å². The molecule has 1 aromatic carbocycles. The van der Waals surface area contributed by atoms with Gasteiger partial charge in [0.05, 0.1) is 18.3 Å². The molecule has 3 heterocycles. The van der Waals surface area contributed by atoms with Crippen LogP contribution in [0.2, 0.25) is 0 Å². The van der Waals surface area contributed by atoms with Crippen LogP contribution in [0.3, 0.4) is 0 Å². The van der Waals surface area contributed by atoms with Gasteiger partial charge in [-0.3, -0.25) is 9.89 Å². The normalized spacial score (nSPS) is 16.7. The molecular formula is C20H22N4O3. The van der Waals surface area contributed by atoms with Crippen molar-refractivity contribution < 1.29 is 14.1 Å². The summed E-state index contributed by atoms with van der Waals surface area (Å²) < 4.78 is 10.9. The van der Waals surface area contributed by atoms with Crippen LogP contribution in [-0.2, 0) is 0 Å². The van der Waals surface area contributed by atoms with E-state index < -0.39 is 0 Å². The first-order valence-electron chi connectivity index (χ1n) is 9.19. The lowest BCUT2D eigenvalue weighted by atomic mass is 10.1. The summed E-state index contributed by atoms with van der Waals surface area (Å²) in [6, 6.07) is 11.3. The maximum Gasteiger partial charge on any atom is 0.272 e. The molecule has 7 heteroatoms. The molecule has 2 aromatic heterocycles. The van der Waals surface area contributed by atoms with Crippen LogP contribution in [0.15, 0.2) is 40.9 Å². The van der Waals surface area contributed by atoms with Gasteiger partial charge in [0.15, 0.2) is 0 Å². The number of carbonyl (C=O) groups is 1. The highest BCUT2D eigenvalue weighted by Crippen LogP contribution is 2.34. The Balaban J connectivity index is 1.59. The van der Waals surface area contributed by atoms with Crippen molar-refractivity contribution in [3.8, 4) is 17.0 Å². The number of aryl methyl sites for hydroxylation is 1. The van der Waals surface area contributed by atoms with Crippen LogP contribution >= 0.6 is 0 Å². The number of likely N-dealkylation sites (tertiary alicyclic amines) is 1. The van der Waals surface area contributed by atoms with E-state index in [1.165, 1.54) is 0 Å². The van der Waals surface area contributed by atoms with Gasteiger partial charge >= 0.3 is 0 Å². The summed E-state index contributed by atoms with van der Waals surface area (Å²) in [4.78, 5) is 14.9. The summed E-state index contributed by atoms with van der Waals surface area (Å²) in [6.45, 7) is 5.06. The molecule has 1 fully saturated rings. The summed E-state index contributed by atoms with van der Waals surface area (Å²) in [5.41, 5.74) is 2.82. The molecule has 0 radical (unpaired) electrons. The monoisotopic (exact) mass is 366 g/mol. The molecule has 7 nitrogen and oxygen atoms in total. The highest BCUT2D eigenvalue weighted by atomic mass is 16.5. The van der Waals surface area contributed by atoms with Crippen molar-refractivity contribution in [3.63, 3.8) is 0 Å². The van der Waals surface area contributed by atoms with Crippen LogP contribution in [-0.4, -0.2) is 39.3 Å². The second-order valence-electron chi connectivity index (χ2n) is 6.62. The van der Waals surface area contributed by atoms with E-state index in [2.05, 4.69) is 15.4 Å². The van der Waals surface area contributed by atoms with Crippen molar-refractivity contribution >= 4 is 5.91 Å². The van der Waals surface area contributed by atoms with Gasteiger partial charge in [0.1, 0.15) is 22.9 Å². The molecule has 0 unspecified atom stereocenters. The first-order valence-corrected chi connectivity index (χ1v) is 9.19. The number of aromatic nitrogens is 3. The van der Waals surface area contributed by atoms with E-state index in [9.17, 15) is 4.79 Å². The zero-order valence-electron chi connectivity index (χ0n) is 15.4. The summed E-state index contributed by atoms with van der Waals surface area (Å²) in [5.74, 6) is 1.43. The number of hydrogen-bond donors (Lipinski definition) is 1. The minimum Gasteiger partial charge on any atom is -0.493 e. The number of amides is 1.